The smallest absolute Gasteiger partial charge is 0.267 e. The van der Waals surface area contributed by atoms with Crippen LogP contribution < -0.4 is 5.56 Å². The van der Waals surface area contributed by atoms with Gasteiger partial charge >= 0.3 is 0 Å². The number of H-pyrrole nitrogens is 1. The second-order valence-corrected chi connectivity index (χ2v) is 8.58. The lowest BCUT2D eigenvalue weighted by atomic mass is 10.0. The van der Waals surface area contributed by atoms with Gasteiger partial charge in [-0.05, 0) is 51.2 Å². The Balaban J connectivity index is 1.80. The molecule has 0 unspecified atom stereocenters. The summed E-state index contributed by atoms with van der Waals surface area (Å²) >= 11 is 5.18. The van der Waals surface area contributed by atoms with Gasteiger partial charge in [-0.1, -0.05) is 61.5 Å². The van der Waals surface area contributed by atoms with Gasteiger partial charge in [0.15, 0.2) is 0 Å². The van der Waals surface area contributed by atoms with E-state index in [1.807, 2.05) is 54.6 Å². The minimum Gasteiger partial charge on any atom is -0.321 e. The van der Waals surface area contributed by atoms with Gasteiger partial charge in [0, 0.05) is 25.5 Å². The van der Waals surface area contributed by atoms with E-state index in [2.05, 4.69) is 46.0 Å². The summed E-state index contributed by atoms with van der Waals surface area (Å²) in [4.78, 5) is 17.6. The molecule has 5 heteroatoms. The van der Waals surface area contributed by atoms with Crippen molar-refractivity contribution in [2.45, 2.75) is 13.3 Å². The van der Waals surface area contributed by atoms with Crippen molar-refractivity contribution < 1.29 is 0 Å². The van der Waals surface area contributed by atoms with Crippen molar-refractivity contribution in [1.29, 1.82) is 5.26 Å². The second kappa shape index (κ2) is 8.20. The van der Waals surface area contributed by atoms with Crippen LogP contribution in [0, 0.1) is 11.3 Å². The molecule has 0 aliphatic heterocycles. The van der Waals surface area contributed by atoms with Crippen LogP contribution >= 0.6 is 27.3 Å². The van der Waals surface area contributed by atoms with E-state index in [1.165, 1.54) is 4.88 Å². The average Bonchev–Trinajstić information content (AvgIpc) is 3.14. The van der Waals surface area contributed by atoms with Gasteiger partial charge in [-0.25, -0.2) is 0 Å². The number of nitriles is 1. The van der Waals surface area contributed by atoms with E-state index in [0.29, 0.717) is 11.3 Å². The van der Waals surface area contributed by atoms with Crippen molar-refractivity contribution >= 4 is 27.3 Å². The van der Waals surface area contributed by atoms with E-state index in [-0.39, 0.29) is 11.1 Å². The molecule has 2 aromatic heterocycles. The number of halogens is 1. The van der Waals surface area contributed by atoms with Crippen LogP contribution in [0.4, 0.5) is 0 Å². The van der Waals surface area contributed by atoms with Gasteiger partial charge in [0.05, 0.1) is 0 Å². The molecular weight excluding hydrogens is 444 g/mol. The van der Waals surface area contributed by atoms with E-state index in [1.54, 1.807) is 11.3 Å². The number of aromatic nitrogens is 1. The first-order valence-electron chi connectivity index (χ1n) is 9.22. The maximum Gasteiger partial charge on any atom is 0.267 e. The fourth-order valence-corrected chi connectivity index (χ4v) is 5.19. The molecule has 0 aliphatic rings. The second-order valence-electron chi connectivity index (χ2n) is 6.59. The highest BCUT2D eigenvalue weighted by molar-refractivity contribution is 9.10. The number of pyridine rings is 1. The fraction of sp³-hybridized carbons (Fsp3) is 0.0833. The van der Waals surface area contributed by atoms with Crippen LogP contribution in [0.1, 0.15) is 17.4 Å². The summed E-state index contributed by atoms with van der Waals surface area (Å²) in [6, 6.07) is 24.2. The fourth-order valence-electron chi connectivity index (χ4n) is 3.27. The zero-order valence-corrected chi connectivity index (χ0v) is 18.1. The lowest BCUT2D eigenvalue weighted by molar-refractivity contribution is 1.18. The molecule has 142 valence electrons. The van der Waals surface area contributed by atoms with Gasteiger partial charge in [0.25, 0.3) is 5.56 Å². The molecule has 0 amide bonds. The average molecular weight is 461 g/mol. The molecule has 0 saturated heterocycles. The Kier molecular flexibility index (Phi) is 5.48. The van der Waals surface area contributed by atoms with Gasteiger partial charge < -0.3 is 4.98 Å². The molecule has 4 rings (SSSR count). The monoisotopic (exact) mass is 460 g/mol. The number of benzene rings is 2. The van der Waals surface area contributed by atoms with Crippen LogP contribution in [0.5, 0.6) is 0 Å². The Morgan fingerprint density at radius 2 is 1.66 bits per heavy atom. The summed E-state index contributed by atoms with van der Waals surface area (Å²) in [5.74, 6) is 0. The number of thiophene rings is 1. The number of aromatic amines is 1. The third-order valence-electron chi connectivity index (χ3n) is 4.79. The Morgan fingerprint density at radius 3 is 2.28 bits per heavy atom. The Labute approximate surface area is 181 Å². The van der Waals surface area contributed by atoms with E-state index in [4.69, 9.17) is 0 Å². The number of hydrogen-bond acceptors (Lipinski definition) is 3. The molecule has 0 fully saturated rings. The molecule has 0 radical (unpaired) electrons. The molecule has 0 aliphatic carbocycles. The summed E-state index contributed by atoms with van der Waals surface area (Å²) in [6.07, 6.45) is 0.893. The highest BCUT2D eigenvalue weighted by Crippen LogP contribution is 2.37. The Hall–Kier alpha value is -2.94. The van der Waals surface area contributed by atoms with Gasteiger partial charge in [-0.2, -0.15) is 5.26 Å². The van der Waals surface area contributed by atoms with Crippen LogP contribution in [0.3, 0.4) is 0 Å². The minimum absolute atomic E-state index is 0.144. The quantitative estimate of drug-likeness (QED) is 0.371. The molecule has 2 heterocycles. The number of nitrogens with one attached hydrogen (secondary N) is 1. The Morgan fingerprint density at radius 1 is 1.00 bits per heavy atom. The van der Waals surface area contributed by atoms with Gasteiger partial charge in [0.1, 0.15) is 11.6 Å². The lowest BCUT2D eigenvalue weighted by Crippen LogP contribution is -2.12. The predicted octanol–water partition coefficient (Wildman–Crippen LogP) is 6.63. The minimum atomic E-state index is -0.366. The van der Waals surface area contributed by atoms with Crippen LogP contribution in [0.25, 0.3) is 32.8 Å². The van der Waals surface area contributed by atoms with Crippen LogP contribution in [-0.2, 0) is 6.42 Å². The highest BCUT2D eigenvalue weighted by atomic mass is 79.9. The van der Waals surface area contributed by atoms with E-state index in [9.17, 15) is 10.1 Å². The molecule has 1 N–H and O–H groups in total. The van der Waals surface area contributed by atoms with Gasteiger partial charge in [-0.15, -0.1) is 11.3 Å². The molecule has 2 aromatic carbocycles. The Bertz CT molecular complexity index is 1270. The van der Waals surface area contributed by atoms with Crippen molar-refractivity contribution in [1.82, 2.24) is 4.98 Å². The largest absolute Gasteiger partial charge is 0.321 e. The summed E-state index contributed by atoms with van der Waals surface area (Å²) < 4.78 is 1.01. The predicted molar refractivity (Wildman–Crippen MR) is 123 cm³/mol. The van der Waals surface area contributed by atoms with Crippen molar-refractivity contribution in [3.63, 3.8) is 0 Å². The molecule has 29 heavy (non-hydrogen) atoms. The number of rotatable bonds is 4. The third-order valence-corrected chi connectivity index (χ3v) is 7.07. The number of nitrogens with zero attached hydrogens (tertiary/aromatic N) is 1. The summed E-state index contributed by atoms with van der Waals surface area (Å²) in [5.41, 5.74) is 4.30. The molecule has 3 nitrogen and oxygen atoms in total. The van der Waals surface area contributed by atoms with Crippen molar-refractivity contribution in [3.05, 3.63) is 92.0 Å². The van der Waals surface area contributed by atoms with Gasteiger partial charge in [0.2, 0.25) is 0 Å². The van der Waals surface area contributed by atoms with Crippen LogP contribution in [0.15, 0.2) is 76.0 Å². The maximum atomic E-state index is 12.6. The highest BCUT2D eigenvalue weighted by Gasteiger charge is 2.16. The molecule has 0 spiro atoms. The molecule has 0 saturated carbocycles. The topological polar surface area (TPSA) is 56.6 Å². The van der Waals surface area contributed by atoms with Crippen molar-refractivity contribution in [2.75, 3.05) is 0 Å². The number of hydrogen-bond donors (Lipinski definition) is 1. The first kappa shape index (κ1) is 19.4. The SMILES string of the molecule is CCc1sc(-c2cc(-c3ccc(-c4ccccc4)cc3)[nH]c(=O)c2C#N)cc1Br. The van der Waals surface area contributed by atoms with E-state index in [0.717, 1.165) is 32.5 Å². The van der Waals surface area contributed by atoms with Crippen molar-refractivity contribution in [3.8, 4) is 38.9 Å². The lowest BCUT2D eigenvalue weighted by Gasteiger charge is -2.08. The normalized spacial score (nSPS) is 10.7. The third kappa shape index (κ3) is 3.82. The summed E-state index contributed by atoms with van der Waals surface area (Å²) in [6.45, 7) is 2.09. The first-order chi connectivity index (χ1) is 14.1. The molecule has 4 aromatic rings. The van der Waals surface area contributed by atoms with Gasteiger partial charge in [-0.3, -0.25) is 4.79 Å². The maximum absolute atomic E-state index is 12.6. The molecular formula is C24H17BrN2OS. The molecule has 0 atom stereocenters. The van der Waals surface area contributed by atoms with Crippen LogP contribution in [0.2, 0.25) is 0 Å². The number of aryl methyl sites for hydroxylation is 1. The zero-order valence-electron chi connectivity index (χ0n) is 15.7. The summed E-state index contributed by atoms with van der Waals surface area (Å²) in [5, 5.41) is 9.54. The standard InChI is InChI=1S/C24H17BrN2OS/c1-2-22-20(25)13-23(29-22)18-12-21(27-24(28)19(18)14-26)17-10-8-16(9-11-17)15-6-4-3-5-7-15/h3-13H,2H2,1H3,(H,27,28). The summed E-state index contributed by atoms with van der Waals surface area (Å²) in [7, 11) is 0. The molecule has 0 bridgehead atoms. The van der Waals surface area contributed by atoms with Crippen LogP contribution in [-0.4, -0.2) is 4.98 Å². The van der Waals surface area contributed by atoms with E-state index < -0.39 is 0 Å². The first-order valence-corrected chi connectivity index (χ1v) is 10.8. The zero-order chi connectivity index (χ0) is 20.4. The van der Waals surface area contributed by atoms with Crippen molar-refractivity contribution in [2.24, 2.45) is 0 Å². The van der Waals surface area contributed by atoms with E-state index >= 15 is 0 Å².